The quantitative estimate of drug-likeness (QED) is 0.550. The van der Waals surface area contributed by atoms with E-state index in [9.17, 15) is 4.79 Å². The molecular formula is C5H4Cl3NOS. The molecule has 0 atom stereocenters. The molecule has 0 saturated carbocycles. The van der Waals surface area contributed by atoms with Crippen LogP contribution in [0.4, 0.5) is 0 Å². The van der Waals surface area contributed by atoms with Crippen molar-refractivity contribution in [3.8, 4) is 0 Å². The van der Waals surface area contributed by atoms with E-state index in [0.29, 0.717) is 5.01 Å². The molecule has 62 valence electrons. The van der Waals surface area contributed by atoms with Crippen LogP contribution in [0.15, 0.2) is 11.6 Å². The molecule has 2 nitrogen and oxygen atoms in total. The topological polar surface area (TPSA) is 30.0 Å². The van der Waals surface area contributed by atoms with Crippen LogP contribution in [0.1, 0.15) is 9.80 Å². The number of halogens is 3. The molecule has 0 amide bonds. The molecule has 1 rings (SSSR count). The van der Waals surface area contributed by atoms with Gasteiger partial charge in [-0.3, -0.25) is 4.79 Å². The molecule has 6 heteroatoms. The molecule has 1 aromatic heterocycles. The van der Waals surface area contributed by atoms with Crippen molar-refractivity contribution in [2.75, 3.05) is 5.34 Å². The Morgan fingerprint density at radius 3 is 2.36 bits per heavy atom. The Hall–Kier alpha value is 0.170. The third kappa shape index (κ3) is 5.44. The van der Waals surface area contributed by atoms with Gasteiger partial charge in [-0.15, -0.1) is 34.5 Å². The van der Waals surface area contributed by atoms with E-state index in [1.807, 2.05) is 0 Å². The van der Waals surface area contributed by atoms with Crippen LogP contribution >= 0.6 is 46.1 Å². The molecule has 1 heterocycles. The Bertz CT molecular complexity index is 202. The van der Waals surface area contributed by atoms with Gasteiger partial charge in [0.15, 0.2) is 5.01 Å². The van der Waals surface area contributed by atoms with Crippen LogP contribution in [0.5, 0.6) is 0 Å². The number of hydrogen-bond donors (Lipinski definition) is 0. The van der Waals surface area contributed by atoms with Crippen LogP contribution in [0, 0.1) is 0 Å². The lowest BCUT2D eigenvalue weighted by Gasteiger charge is -1.75. The normalized spacial score (nSPS) is 8.27. The first kappa shape index (κ1) is 11.2. The summed E-state index contributed by atoms with van der Waals surface area (Å²) in [4.78, 5) is 13.9. The van der Waals surface area contributed by atoms with Gasteiger partial charge in [-0.25, -0.2) is 4.98 Å². The van der Waals surface area contributed by atoms with Crippen LogP contribution in [0.25, 0.3) is 0 Å². The first-order valence-electron chi connectivity index (χ1n) is 2.43. The van der Waals surface area contributed by atoms with E-state index >= 15 is 0 Å². The second-order valence-electron chi connectivity index (χ2n) is 1.21. The van der Waals surface area contributed by atoms with Gasteiger partial charge in [-0.05, 0) is 11.6 Å². The van der Waals surface area contributed by atoms with Gasteiger partial charge in [0.25, 0.3) is 5.24 Å². The fourth-order valence-corrected chi connectivity index (χ4v) is 0.968. The van der Waals surface area contributed by atoms with Crippen molar-refractivity contribution in [1.29, 1.82) is 0 Å². The molecule has 0 aromatic carbocycles. The molecule has 0 N–H and O–H groups in total. The van der Waals surface area contributed by atoms with Crippen LogP contribution in [-0.2, 0) is 0 Å². The first-order valence-corrected chi connectivity index (χ1v) is 4.76. The van der Waals surface area contributed by atoms with E-state index in [2.05, 4.69) is 4.98 Å². The fourth-order valence-electron chi connectivity index (χ4n) is 0.321. The molecule has 1 aromatic rings. The van der Waals surface area contributed by atoms with Crippen LogP contribution in [0.2, 0.25) is 0 Å². The first-order chi connectivity index (χ1) is 5.22. The number of nitrogens with zero attached hydrogens (tertiary/aromatic N) is 1. The van der Waals surface area contributed by atoms with Crippen LogP contribution < -0.4 is 0 Å². The maximum Gasteiger partial charge on any atom is 0.281 e. The average Bonchev–Trinajstić information content (AvgIpc) is 2.38. The number of rotatable bonds is 1. The van der Waals surface area contributed by atoms with Crippen molar-refractivity contribution >= 4 is 51.4 Å². The molecule has 0 saturated heterocycles. The molecule has 0 aliphatic carbocycles. The van der Waals surface area contributed by atoms with E-state index in [1.165, 1.54) is 11.3 Å². The summed E-state index contributed by atoms with van der Waals surface area (Å²) in [6, 6.07) is 0. The van der Waals surface area contributed by atoms with Gasteiger partial charge in [-0.1, -0.05) is 0 Å². The number of thiazole rings is 1. The lowest BCUT2D eigenvalue weighted by Crippen LogP contribution is -1.83. The standard InChI is InChI=1S/C4H2ClNOS.CH2Cl2/c5-3(7)4-6-1-2-8-4;2-1-3/h1-2H;1H2. The van der Waals surface area contributed by atoms with Gasteiger partial charge in [0.2, 0.25) is 0 Å². The third-order valence-electron chi connectivity index (χ3n) is 0.600. The molecule has 0 fully saturated rings. The summed E-state index contributed by atoms with van der Waals surface area (Å²) in [6.45, 7) is 0. The Balaban J connectivity index is 0.000000292. The Labute approximate surface area is 83.1 Å². The zero-order chi connectivity index (χ0) is 8.69. The fraction of sp³-hybridized carbons (Fsp3) is 0.200. The summed E-state index contributed by atoms with van der Waals surface area (Å²) in [6.07, 6.45) is 1.54. The summed E-state index contributed by atoms with van der Waals surface area (Å²) in [7, 11) is 0. The van der Waals surface area contributed by atoms with E-state index in [0.717, 1.165) is 0 Å². The van der Waals surface area contributed by atoms with Crippen LogP contribution in [0.3, 0.4) is 0 Å². The highest BCUT2D eigenvalue weighted by atomic mass is 35.5. The van der Waals surface area contributed by atoms with Gasteiger partial charge >= 0.3 is 0 Å². The second kappa shape index (κ2) is 6.85. The maximum atomic E-state index is 10.2. The number of aromatic nitrogens is 1. The highest BCUT2D eigenvalue weighted by molar-refractivity contribution is 7.13. The molecule has 0 aliphatic heterocycles. The molecule has 0 radical (unpaired) electrons. The second-order valence-corrected chi connectivity index (χ2v) is 3.26. The Kier molecular flexibility index (Phi) is 6.96. The zero-order valence-electron chi connectivity index (χ0n) is 5.26. The summed E-state index contributed by atoms with van der Waals surface area (Å²) >= 11 is 15.8. The van der Waals surface area contributed by atoms with E-state index in [-0.39, 0.29) is 5.34 Å². The van der Waals surface area contributed by atoms with E-state index in [4.69, 9.17) is 34.8 Å². The van der Waals surface area contributed by atoms with Gasteiger partial charge in [0.05, 0.1) is 5.34 Å². The maximum absolute atomic E-state index is 10.2. The molecule has 11 heavy (non-hydrogen) atoms. The van der Waals surface area contributed by atoms with Gasteiger partial charge in [0.1, 0.15) is 0 Å². The van der Waals surface area contributed by atoms with Crippen molar-refractivity contribution in [3.05, 3.63) is 16.6 Å². The minimum Gasteiger partial charge on any atom is -0.273 e. The van der Waals surface area contributed by atoms with Crippen molar-refractivity contribution in [2.24, 2.45) is 0 Å². The van der Waals surface area contributed by atoms with Crippen molar-refractivity contribution in [3.63, 3.8) is 0 Å². The van der Waals surface area contributed by atoms with E-state index in [1.54, 1.807) is 11.6 Å². The minimum atomic E-state index is -0.486. The van der Waals surface area contributed by atoms with Gasteiger partial charge < -0.3 is 0 Å². The SMILES string of the molecule is ClCCl.O=C(Cl)c1nccs1. The Morgan fingerprint density at radius 1 is 1.64 bits per heavy atom. The molecule has 0 unspecified atom stereocenters. The van der Waals surface area contributed by atoms with Gasteiger partial charge in [0, 0.05) is 11.6 Å². The summed E-state index contributed by atoms with van der Waals surface area (Å²) in [5, 5.41) is 1.77. The Morgan fingerprint density at radius 2 is 2.18 bits per heavy atom. The number of alkyl halides is 2. The zero-order valence-corrected chi connectivity index (χ0v) is 8.34. The largest absolute Gasteiger partial charge is 0.281 e. The lowest BCUT2D eigenvalue weighted by atomic mass is 10.8. The smallest absolute Gasteiger partial charge is 0.273 e. The van der Waals surface area contributed by atoms with E-state index < -0.39 is 5.24 Å². The number of carbonyl (C=O) groups excluding carboxylic acids is 1. The summed E-state index contributed by atoms with van der Waals surface area (Å²) in [5.74, 6) is 0. The molecule has 0 spiro atoms. The third-order valence-corrected chi connectivity index (χ3v) is 1.66. The highest BCUT2D eigenvalue weighted by Crippen LogP contribution is 2.05. The highest BCUT2D eigenvalue weighted by Gasteiger charge is 2.00. The number of carbonyl (C=O) groups is 1. The monoisotopic (exact) mass is 231 g/mol. The average molecular weight is 233 g/mol. The predicted octanol–water partition coefficient (Wildman–Crippen LogP) is 2.94. The lowest BCUT2D eigenvalue weighted by molar-refractivity contribution is 0.108. The molecule has 0 aliphatic rings. The summed E-state index contributed by atoms with van der Waals surface area (Å²) < 4.78 is 0. The van der Waals surface area contributed by atoms with Crippen molar-refractivity contribution in [1.82, 2.24) is 4.98 Å². The van der Waals surface area contributed by atoms with Crippen LogP contribution in [-0.4, -0.2) is 15.6 Å². The van der Waals surface area contributed by atoms with Crippen molar-refractivity contribution < 1.29 is 4.79 Å². The number of hydrogen-bond acceptors (Lipinski definition) is 3. The predicted molar refractivity (Wildman–Crippen MR) is 48.9 cm³/mol. The molecule has 0 bridgehead atoms. The summed E-state index contributed by atoms with van der Waals surface area (Å²) in [5.41, 5.74) is 0. The van der Waals surface area contributed by atoms with Crippen molar-refractivity contribution in [2.45, 2.75) is 0 Å². The van der Waals surface area contributed by atoms with Gasteiger partial charge in [-0.2, -0.15) is 0 Å². The minimum absolute atomic E-state index is 0.194. The molecular weight excluding hydrogens is 228 g/mol.